The van der Waals surface area contributed by atoms with Gasteiger partial charge in [-0.1, -0.05) is 29.3 Å². The van der Waals surface area contributed by atoms with Crippen molar-refractivity contribution in [2.45, 2.75) is 63.2 Å². The third-order valence-electron chi connectivity index (χ3n) is 6.47. The van der Waals surface area contributed by atoms with E-state index in [0.717, 1.165) is 31.2 Å². The smallest absolute Gasteiger partial charge is 0.424 e. The molecule has 1 aromatic carbocycles. The molecule has 1 amide bonds. The second kappa shape index (κ2) is 14.1. The molecule has 3 aromatic rings. The van der Waals surface area contributed by atoms with Crippen LogP contribution >= 0.6 is 34.5 Å². The van der Waals surface area contributed by atoms with Crippen LogP contribution in [0.4, 0.5) is 13.6 Å². The molecule has 2 heterocycles. The number of H-pyrrole nitrogens is 1. The van der Waals surface area contributed by atoms with Crippen molar-refractivity contribution in [3.8, 4) is 11.5 Å². The Labute approximate surface area is 273 Å². The third kappa shape index (κ3) is 8.96. The molecule has 0 aliphatic heterocycles. The van der Waals surface area contributed by atoms with Crippen LogP contribution in [0.1, 0.15) is 60.5 Å². The fraction of sp³-hybridized carbons (Fsp3) is 0.414. The fourth-order valence-electron chi connectivity index (χ4n) is 4.01. The predicted octanol–water partition coefficient (Wildman–Crippen LogP) is 6.96. The van der Waals surface area contributed by atoms with Crippen LogP contribution < -0.4 is 14.5 Å². The average Bonchev–Trinajstić information content (AvgIpc) is 3.64. The molecule has 2 aromatic heterocycles. The van der Waals surface area contributed by atoms with Gasteiger partial charge in [-0.15, -0.1) is 11.3 Å². The van der Waals surface area contributed by atoms with E-state index in [4.69, 9.17) is 37.4 Å². The summed E-state index contributed by atoms with van der Waals surface area (Å²) >= 11 is 13.6. The second-order valence-electron chi connectivity index (χ2n) is 11.1. The summed E-state index contributed by atoms with van der Waals surface area (Å²) in [6, 6.07) is 5.27. The number of nitrogens with one attached hydrogen (secondary N) is 1. The number of halogens is 4. The van der Waals surface area contributed by atoms with E-state index in [1.54, 1.807) is 20.8 Å². The number of rotatable bonds is 12. The van der Waals surface area contributed by atoms with Crippen LogP contribution in [0.3, 0.4) is 0 Å². The Morgan fingerprint density at radius 1 is 1.11 bits per heavy atom. The van der Waals surface area contributed by atoms with Gasteiger partial charge in [0.2, 0.25) is 0 Å². The number of benzene rings is 1. The number of carbonyl (C=O) groups excluding carboxylic acids is 2. The number of thiophene rings is 1. The van der Waals surface area contributed by atoms with Crippen LogP contribution in [0.2, 0.25) is 10.0 Å². The molecular formula is C29H31Cl2F2N2O8S2+. The standard InChI is InChI=1S/C29H30Cl2F2N2O8S2/c1-29(2,3)43-28(37)35(4)45(38,39)24-9-10-44-25(24)26(36)41-22(12-18-19(30)13-34-14-20(18)31)17-7-8-21(42-27(32)33)23(11-17)40-15-16-5-6-16/h7-11,13-14,16,22,27H,5-6,12,15H2,1-4H3/p+1/t22-/m0/s1. The van der Waals surface area contributed by atoms with Gasteiger partial charge in [-0.3, -0.25) is 0 Å². The molecule has 1 saturated carbocycles. The van der Waals surface area contributed by atoms with Crippen LogP contribution in [0, 0.1) is 5.92 Å². The number of alkyl halides is 2. The average molecular weight is 709 g/mol. The predicted molar refractivity (Wildman–Crippen MR) is 162 cm³/mol. The molecule has 4 rings (SSSR count). The van der Waals surface area contributed by atoms with Crippen molar-refractivity contribution >= 4 is 56.6 Å². The number of ether oxygens (including phenoxy) is 4. The third-order valence-corrected chi connectivity index (χ3v) is 9.93. The highest BCUT2D eigenvalue weighted by molar-refractivity contribution is 7.89. The van der Waals surface area contributed by atoms with Gasteiger partial charge in [0.25, 0.3) is 10.0 Å². The minimum Gasteiger partial charge on any atom is -0.489 e. The summed E-state index contributed by atoms with van der Waals surface area (Å²) in [5.74, 6) is -0.938. The monoisotopic (exact) mass is 707 g/mol. The Kier molecular flexibility index (Phi) is 10.8. The summed E-state index contributed by atoms with van der Waals surface area (Å²) in [4.78, 5) is 28.2. The van der Waals surface area contributed by atoms with E-state index in [1.807, 2.05) is 0 Å². The van der Waals surface area contributed by atoms with E-state index in [0.29, 0.717) is 15.4 Å². The van der Waals surface area contributed by atoms with Crippen molar-refractivity contribution in [2.75, 3.05) is 13.7 Å². The maximum Gasteiger partial charge on any atom is 0.424 e. The van der Waals surface area contributed by atoms with Crippen LogP contribution in [-0.4, -0.2) is 50.7 Å². The van der Waals surface area contributed by atoms with Gasteiger partial charge in [0.15, 0.2) is 23.9 Å². The Morgan fingerprint density at radius 2 is 1.78 bits per heavy atom. The Hall–Kier alpha value is -3.20. The number of aromatic amines is 1. The summed E-state index contributed by atoms with van der Waals surface area (Å²) in [7, 11) is -3.52. The molecule has 1 N–H and O–H groups in total. The number of sulfonamides is 1. The van der Waals surface area contributed by atoms with Gasteiger partial charge in [-0.2, -0.15) is 8.78 Å². The zero-order valence-corrected chi connectivity index (χ0v) is 27.8. The number of esters is 1. The van der Waals surface area contributed by atoms with Gasteiger partial charge in [-0.05, 0) is 68.7 Å². The van der Waals surface area contributed by atoms with Crippen LogP contribution in [-0.2, 0) is 25.9 Å². The van der Waals surface area contributed by atoms with Crippen LogP contribution in [0.15, 0.2) is 46.9 Å². The summed E-state index contributed by atoms with van der Waals surface area (Å²) in [5, 5.41) is 1.82. The lowest BCUT2D eigenvalue weighted by molar-refractivity contribution is -0.377. The molecule has 1 atom stereocenters. The Balaban J connectivity index is 1.69. The molecule has 1 aliphatic carbocycles. The summed E-state index contributed by atoms with van der Waals surface area (Å²) in [6.45, 7) is 1.91. The van der Waals surface area contributed by atoms with Crippen molar-refractivity contribution in [1.29, 1.82) is 0 Å². The quantitative estimate of drug-likeness (QED) is 0.185. The van der Waals surface area contributed by atoms with Gasteiger partial charge >= 0.3 is 18.7 Å². The molecule has 1 aliphatic rings. The number of aromatic nitrogens is 1. The Bertz CT molecular complexity index is 1640. The molecule has 0 radical (unpaired) electrons. The normalized spacial score (nSPS) is 14.2. The fourth-order valence-corrected chi connectivity index (χ4v) is 6.85. The number of carbonyl (C=O) groups is 2. The van der Waals surface area contributed by atoms with E-state index >= 15 is 0 Å². The molecule has 0 spiro atoms. The number of hydrogen-bond acceptors (Lipinski definition) is 9. The van der Waals surface area contributed by atoms with Crippen molar-refractivity contribution in [3.05, 3.63) is 68.1 Å². The highest BCUT2D eigenvalue weighted by Gasteiger charge is 2.35. The van der Waals surface area contributed by atoms with Crippen LogP contribution in [0.25, 0.3) is 0 Å². The van der Waals surface area contributed by atoms with E-state index in [2.05, 4.69) is 9.72 Å². The second-order valence-corrected chi connectivity index (χ2v) is 14.8. The zero-order valence-electron chi connectivity index (χ0n) is 24.6. The van der Waals surface area contributed by atoms with Gasteiger partial charge in [0.1, 0.15) is 31.5 Å². The van der Waals surface area contributed by atoms with Crippen molar-refractivity contribution in [3.63, 3.8) is 0 Å². The van der Waals surface area contributed by atoms with E-state index < -0.39 is 45.3 Å². The number of amides is 1. The van der Waals surface area contributed by atoms with Crippen molar-refractivity contribution in [1.82, 2.24) is 4.31 Å². The first-order valence-electron chi connectivity index (χ1n) is 13.6. The minimum atomic E-state index is -4.53. The van der Waals surface area contributed by atoms with Crippen molar-refractivity contribution < 1.29 is 50.7 Å². The van der Waals surface area contributed by atoms with E-state index in [9.17, 15) is 26.8 Å². The molecule has 16 heteroatoms. The summed E-state index contributed by atoms with van der Waals surface area (Å²) in [6.07, 6.45) is 2.47. The molecule has 0 bridgehead atoms. The molecule has 0 saturated heterocycles. The molecule has 244 valence electrons. The molecule has 10 nitrogen and oxygen atoms in total. The SMILES string of the molecule is CN(C(=O)OC(C)(C)C)S(=O)(=O)c1ccsc1C(=O)O[C@@H](Cc1c(Cl)c[nH+]cc1Cl)c1ccc(OC(F)F)c(OCC2CC2)c1. The highest BCUT2D eigenvalue weighted by Crippen LogP contribution is 2.38. The van der Waals surface area contributed by atoms with Crippen molar-refractivity contribution in [2.24, 2.45) is 5.92 Å². The topological polar surface area (TPSA) is 123 Å². The van der Waals surface area contributed by atoms with Gasteiger partial charge in [0.05, 0.1) is 6.61 Å². The largest absolute Gasteiger partial charge is 0.489 e. The molecule has 45 heavy (non-hydrogen) atoms. The number of hydrogen-bond donors (Lipinski definition) is 0. The lowest BCUT2D eigenvalue weighted by Crippen LogP contribution is -2.38. The van der Waals surface area contributed by atoms with E-state index in [1.165, 1.54) is 42.0 Å². The number of nitrogens with zero attached hydrogens (tertiary/aromatic N) is 1. The first-order valence-corrected chi connectivity index (χ1v) is 16.7. The first kappa shape index (κ1) is 34.7. The van der Waals surface area contributed by atoms with E-state index in [-0.39, 0.29) is 45.4 Å². The summed E-state index contributed by atoms with van der Waals surface area (Å²) < 4.78 is 74.9. The maximum atomic E-state index is 13.6. The molecule has 1 fully saturated rings. The van der Waals surface area contributed by atoms with Crippen LogP contribution in [0.5, 0.6) is 11.5 Å². The maximum absolute atomic E-state index is 13.6. The lowest BCUT2D eigenvalue weighted by Gasteiger charge is -2.24. The van der Waals surface area contributed by atoms with Gasteiger partial charge < -0.3 is 18.9 Å². The Morgan fingerprint density at radius 3 is 2.38 bits per heavy atom. The summed E-state index contributed by atoms with van der Waals surface area (Å²) in [5.41, 5.74) is -0.270. The lowest BCUT2D eigenvalue weighted by atomic mass is 10.0. The number of pyridine rings is 1. The van der Waals surface area contributed by atoms with Gasteiger partial charge in [0, 0.05) is 19.0 Å². The molecule has 0 unspecified atom stereocenters. The van der Waals surface area contributed by atoms with Gasteiger partial charge in [-0.25, -0.2) is 27.3 Å². The highest BCUT2D eigenvalue weighted by atomic mass is 35.5. The first-order chi connectivity index (χ1) is 21.1. The molecular weight excluding hydrogens is 677 g/mol. The zero-order chi connectivity index (χ0) is 33.1. The minimum absolute atomic E-state index is 0.0118.